The van der Waals surface area contributed by atoms with Crippen LogP contribution in [-0.2, 0) is 0 Å². The predicted octanol–water partition coefficient (Wildman–Crippen LogP) is 2.28. The summed E-state index contributed by atoms with van der Waals surface area (Å²) < 4.78 is 59.0. The molecule has 0 rings (SSSR count). The van der Waals surface area contributed by atoms with Crippen molar-refractivity contribution in [2.75, 3.05) is 0 Å². The minimum atomic E-state index is -5.28. The average molecular weight is 198 g/mol. The van der Waals surface area contributed by atoms with E-state index in [0.29, 0.717) is 0 Å². The van der Waals surface area contributed by atoms with E-state index < -0.39 is 23.7 Å². The second kappa shape index (κ2) is 3.98. The van der Waals surface area contributed by atoms with Crippen LogP contribution in [0.4, 0.5) is 22.0 Å². The van der Waals surface area contributed by atoms with Crippen molar-refractivity contribution in [2.45, 2.75) is 12.6 Å². The third-order valence-corrected chi connectivity index (χ3v) is 1.08. The number of nitrogens with one attached hydrogen (secondary N) is 1. The Balaban J connectivity index is 5.39. The first-order valence-electron chi connectivity index (χ1n) is 2.84. The number of alkyl halides is 5. The minimum Gasteiger partial charge on any atom is -0.307 e. The second-order valence-corrected chi connectivity index (χ2v) is 1.88. The molecule has 0 heterocycles. The summed E-state index contributed by atoms with van der Waals surface area (Å²) in [5.74, 6) is 0. The number of rotatable bonds is 2. The van der Waals surface area contributed by atoms with Crippen molar-refractivity contribution in [1.29, 1.82) is 10.7 Å². The van der Waals surface area contributed by atoms with Gasteiger partial charge in [-0.3, -0.25) is 0 Å². The molecule has 72 valence electrons. The lowest BCUT2D eigenvalue weighted by Gasteiger charge is -2.10. The van der Waals surface area contributed by atoms with E-state index in [2.05, 4.69) is 0 Å². The summed E-state index contributed by atoms with van der Waals surface area (Å²) in [4.78, 5) is 0. The lowest BCUT2D eigenvalue weighted by Crippen LogP contribution is -2.20. The number of nitrogens with zero attached hydrogens (tertiary/aromatic N) is 1. The maximum atomic E-state index is 11.8. The van der Waals surface area contributed by atoms with Gasteiger partial charge in [0.25, 0.3) is 6.43 Å². The highest BCUT2D eigenvalue weighted by molar-refractivity contribution is 5.83. The van der Waals surface area contributed by atoms with Gasteiger partial charge in [-0.25, -0.2) is 8.78 Å². The minimum absolute atomic E-state index is 0.0466. The van der Waals surface area contributed by atoms with Crippen molar-refractivity contribution < 1.29 is 22.0 Å². The van der Waals surface area contributed by atoms with Gasteiger partial charge in [0.05, 0.1) is 5.57 Å². The summed E-state index contributed by atoms with van der Waals surface area (Å²) >= 11 is 0. The van der Waals surface area contributed by atoms with Crippen molar-refractivity contribution >= 4 is 6.21 Å². The summed E-state index contributed by atoms with van der Waals surface area (Å²) in [5.41, 5.74) is -3.65. The first kappa shape index (κ1) is 11.5. The Bertz CT molecular complexity index is 270. The lowest BCUT2D eigenvalue weighted by molar-refractivity contribution is -0.109. The smallest absolute Gasteiger partial charge is 0.307 e. The van der Waals surface area contributed by atoms with Crippen LogP contribution in [0.3, 0.4) is 0 Å². The summed E-state index contributed by atoms with van der Waals surface area (Å²) in [6.07, 6.45) is -9.14. The van der Waals surface area contributed by atoms with Crippen molar-refractivity contribution in [3.05, 3.63) is 11.1 Å². The third-order valence-electron chi connectivity index (χ3n) is 1.08. The van der Waals surface area contributed by atoms with Crippen molar-refractivity contribution in [1.82, 2.24) is 0 Å². The van der Waals surface area contributed by atoms with Crippen LogP contribution in [-0.4, -0.2) is 18.8 Å². The normalized spacial score (nSPS) is 13.6. The number of halogens is 5. The molecule has 2 nitrogen and oxygen atoms in total. The molecular weight excluding hydrogens is 195 g/mol. The molecule has 0 aliphatic heterocycles. The first-order valence-corrected chi connectivity index (χ1v) is 2.84. The fourth-order valence-electron chi connectivity index (χ4n) is 0.564. The van der Waals surface area contributed by atoms with Crippen LogP contribution < -0.4 is 0 Å². The quantitative estimate of drug-likeness (QED) is 0.413. The number of hydrogen-bond acceptors (Lipinski definition) is 2. The average Bonchev–Trinajstić information content (AvgIpc) is 1.96. The Morgan fingerprint density at radius 3 is 1.92 bits per heavy atom. The van der Waals surface area contributed by atoms with E-state index in [9.17, 15) is 22.0 Å². The molecule has 0 saturated carbocycles. The number of hydrogen-bond donors (Lipinski definition) is 1. The van der Waals surface area contributed by atoms with E-state index in [-0.39, 0.29) is 6.21 Å². The number of nitriles is 1. The zero-order chi connectivity index (χ0) is 10.6. The molecular formula is C6H3F5N2. The molecule has 0 aromatic carbocycles. The molecule has 0 aromatic heterocycles. The van der Waals surface area contributed by atoms with Gasteiger partial charge in [-0.2, -0.15) is 18.4 Å². The predicted molar refractivity (Wildman–Crippen MR) is 33.5 cm³/mol. The molecule has 1 N–H and O–H groups in total. The lowest BCUT2D eigenvalue weighted by atomic mass is 10.1. The van der Waals surface area contributed by atoms with Crippen LogP contribution in [0.25, 0.3) is 0 Å². The Kier molecular flexibility index (Phi) is 3.54. The molecule has 0 radical (unpaired) electrons. The van der Waals surface area contributed by atoms with Gasteiger partial charge in [0, 0.05) is 6.21 Å². The van der Waals surface area contributed by atoms with Crippen LogP contribution in [0.1, 0.15) is 0 Å². The third kappa shape index (κ3) is 2.82. The molecule has 0 unspecified atom stereocenters. The molecule has 0 amide bonds. The van der Waals surface area contributed by atoms with E-state index >= 15 is 0 Å². The summed E-state index contributed by atoms with van der Waals surface area (Å²) in [6.45, 7) is 0. The molecule has 0 bridgehead atoms. The maximum absolute atomic E-state index is 11.8. The standard InChI is InChI=1S/C6H3F5N2/c7-5(8)4(6(9,10)11)3(1-12)2-13/h1,5,12H/b4-3-,12-1?. The fourth-order valence-corrected chi connectivity index (χ4v) is 0.564. The van der Waals surface area contributed by atoms with Gasteiger partial charge in [-0.05, 0) is 0 Å². The fraction of sp³-hybridized carbons (Fsp3) is 0.333. The highest BCUT2D eigenvalue weighted by Gasteiger charge is 2.42. The first-order chi connectivity index (χ1) is 5.84. The van der Waals surface area contributed by atoms with E-state index in [1.165, 1.54) is 0 Å². The van der Waals surface area contributed by atoms with Crippen molar-refractivity contribution in [3.8, 4) is 6.07 Å². The molecule has 0 aromatic rings. The maximum Gasteiger partial charge on any atom is 0.419 e. The van der Waals surface area contributed by atoms with Gasteiger partial charge in [0.2, 0.25) is 0 Å². The number of allylic oxidation sites excluding steroid dienone is 2. The molecule has 13 heavy (non-hydrogen) atoms. The van der Waals surface area contributed by atoms with Crippen LogP contribution in [0, 0.1) is 16.7 Å². The zero-order valence-electron chi connectivity index (χ0n) is 5.99. The monoisotopic (exact) mass is 198 g/mol. The molecule has 0 fully saturated rings. The van der Waals surface area contributed by atoms with Gasteiger partial charge < -0.3 is 5.41 Å². The van der Waals surface area contributed by atoms with Gasteiger partial charge >= 0.3 is 6.18 Å². The van der Waals surface area contributed by atoms with E-state index in [0.717, 1.165) is 6.07 Å². The zero-order valence-corrected chi connectivity index (χ0v) is 5.99. The molecule has 0 spiro atoms. The Labute approximate surface area is 69.8 Å². The molecule has 0 atom stereocenters. The summed E-state index contributed by atoms with van der Waals surface area (Å²) in [7, 11) is 0. The molecule has 0 aliphatic rings. The topological polar surface area (TPSA) is 47.6 Å². The van der Waals surface area contributed by atoms with Gasteiger partial charge in [0.1, 0.15) is 11.6 Å². The Morgan fingerprint density at radius 1 is 1.38 bits per heavy atom. The van der Waals surface area contributed by atoms with Crippen molar-refractivity contribution in [2.24, 2.45) is 0 Å². The highest BCUT2D eigenvalue weighted by atomic mass is 19.4. The largest absolute Gasteiger partial charge is 0.419 e. The SMILES string of the molecule is N#C/C(C=N)=C(/C(F)F)C(F)(F)F. The van der Waals surface area contributed by atoms with Crippen LogP contribution in [0.5, 0.6) is 0 Å². The van der Waals surface area contributed by atoms with Gasteiger partial charge in [-0.15, -0.1) is 0 Å². The highest BCUT2D eigenvalue weighted by Crippen LogP contribution is 2.32. The van der Waals surface area contributed by atoms with Crippen LogP contribution in [0.15, 0.2) is 11.1 Å². The molecule has 0 saturated heterocycles. The van der Waals surface area contributed by atoms with Gasteiger partial charge in [0.15, 0.2) is 0 Å². The van der Waals surface area contributed by atoms with E-state index in [1.807, 2.05) is 0 Å². The Morgan fingerprint density at radius 2 is 1.85 bits per heavy atom. The van der Waals surface area contributed by atoms with Crippen molar-refractivity contribution in [3.63, 3.8) is 0 Å². The van der Waals surface area contributed by atoms with E-state index in [4.69, 9.17) is 10.7 Å². The van der Waals surface area contributed by atoms with Crippen LogP contribution in [0.2, 0.25) is 0 Å². The van der Waals surface area contributed by atoms with Gasteiger partial charge in [-0.1, -0.05) is 0 Å². The molecule has 0 aliphatic carbocycles. The summed E-state index contributed by atoms with van der Waals surface area (Å²) in [6, 6.07) is 0.876. The summed E-state index contributed by atoms with van der Waals surface area (Å²) in [5, 5.41) is 14.3. The van der Waals surface area contributed by atoms with Crippen LogP contribution >= 0.6 is 0 Å². The second-order valence-electron chi connectivity index (χ2n) is 1.88. The molecule has 7 heteroatoms. The van der Waals surface area contributed by atoms with E-state index in [1.54, 1.807) is 0 Å². The Hall–Kier alpha value is -1.45.